The summed E-state index contributed by atoms with van der Waals surface area (Å²) in [5.74, 6) is 0. The lowest BCUT2D eigenvalue weighted by Gasteiger charge is -1.97. The van der Waals surface area contributed by atoms with E-state index in [9.17, 15) is 0 Å². The van der Waals surface area contributed by atoms with Crippen molar-refractivity contribution < 1.29 is 0 Å². The van der Waals surface area contributed by atoms with Crippen LogP contribution in [0, 0.1) is 0 Å². The Bertz CT molecular complexity index is 241. The SMILES string of the molecule is NC=C(N)Cc1ccccn1. The summed E-state index contributed by atoms with van der Waals surface area (Å²) >= 11 is 0. The first-order chi connectivity index (χ1) is 5.33. The van der Waals surface area contributed by atoms with E-state index >= 15 is 0 Å². The smallest absolute Gasteiger partial charge is 0.0462 e. The molecular formula is C8H11N3. The second-order valence-corrected chi connectivity index (χ2v) is 2.24. The van der Waals surface area contributed by atoms with Gasteiger partial charge in [-0.15, -0.1) is 0 Å². The Labute approximate surface area is 65.7 Å². The summed E-state index contributed by atoms with van der Waals surface area (Å²) in [7, 11) is 0. The van der Waals surface area contributed by atoms with Crippen molar-refractivity contribution in [3.05, 3.63) is 42.0 Å². The molecule has 1 heterocycles. The highest BCUT2D eigenvalue weighted by atomic mass is 14.7. The number of hydrogen-bond acceptors (Lipinski definition) is 3. The molecule has 0 saturated carbocycles. The number of allylic oxidation sites excluding steroid dienone is 1. The van der Waals surface area contributed by atoms with Crippen LogP contribution in [0.4, 0.5) is 0 Å². The summed E-state index contributed by atoms with van der Waals surface area (Å²) in [5, 5.41) is 0. The van der Waals surface area contributed by atoms with Crippen molar-refractivity contribution in [2.45, 2.75) is 6.42 Å². The Hall–Kier alpha value is -1.51. The number of nitrogens with zero attached hydrogens (tertiary/aromatic N) is 1. The summed E-state index contributed by atoms with van der Waals surface area (Å²) in [6.07, 6.45) is 3.76. The van der Waals surface area contributed by atoms with Gasteiger partial charge in [-0.05, 0) is 12.1 Å². The summed E-state index contributed by atoms with van der Waals surface area (Å²) in [6.45, 7) is 0. The van der Waals surface area contributed by atoms with Gasteiger partial charge in [-0.1, -0.05) is 6.07 Å². The molecule has 0 amide bonds. The van der Waals surface area contributed by atoms with Gasteiger partial charge in [0.25, 0.3) is 0 Å². The lowest BCUT2D eigenvalue weighted by molar-refractivity contribution is 1.02. The van der Waals surface area contributed by atoms with E-state index < -0.39 is 0 Å². The first-order valence-corrected chi connectivity index (χ1v) is 3.39. The number of hydrogen-bond donors (Lipinski definition) is 2. The molecule has 0 spiro atoms. The van der Waals surface area contributed by atoms with E-state index in [2.05, 4.69) is 4.98 Å². The van der Waals surface area contributed by atoms with Gasteiger partial charge in [0.05, 0.1) is 0 Å². The number of nitrogens with two attached hydrogens (primary N) is 2. The van der Waals surface area contributed by atoms with Crippen LogP contribution in [-0.4, -0.2) is 4.98 Å². The van der Waals surface area contributed by atoms with Crippen LogP contribution < -0.4 is 11.5 Å². The minimum absolute atomic E-state index is 0.622. The fraction of sp³-hybridized carbons (Fsp3) is 0.125. The molecule has 0 unspecified atom stereocenters. The van der Waals surface area contributed by atoms with Gasteiger partial charge < -0.3 is 11.5 Å². The van der Waals surface area contributed by atoms with Crippen LogP contribution in [0.2, 0.25) is 0 Å². The molecule has 0 atom stereocenters. The molecule has 0 aliphatic carbocycles. The predicted octanol–water partition coefficient (Wildman–Crippen LogP) is 0.383. The van der Waals surface area contributed by atoms with E-state index in [1.54, 1.807) is 6.20 Å². The van der Waals surface area contributed by atoms with Gasteiger partial charge >= 0.3 is 0 Å². The summed E-state index contributed by atoms with van der Waals surface area (Å²) < 4.78 is 0. The molecule has 0 radical (unpaired) electrons. The predicted molar refractivity (Wildman–Crippen MR) is 44.4 cm³/mol. The van der Waals surface area contributed by atoms with Crippen LogP contribution in [0.1, 0.15) is 5.69 Å². The van der Waals surface area contributed by atoms with Crippen molar-refractivity contribution in [2.75, 3.05) is 0 Å². The average Bonchev–Trinajstić information content (AvgIpc) is 2.06. The first-order valence-electron chi connectivity index (χ1n) is 3.39. The third-order valence-electron chi connectivity index (χ3n) is 1.33. The van der Waals surface area contributed by atoms with E-state index in [4.69, 9.17) is 11.5 Å². The van der Waals surface area contributed by atoms with Gasteiger partial charge in [0.15, 0.2) is 0 Å². The van der Waals surface area contributed by atoms with E-state index in [0.717, 1.165) is 5.69 Å². The molecule has 1 rings (SSSR count). The molecule has 1 aromatic rings. The number of pyridine rings is 1. The van der Waals surface area contributed by atoms with Gasteiger partial charge in [-0.25, -0.2) is 0 Å². The lowest BCUT2D eigenvalue weighted by Crippen LogP contribution is -2.04. The molecule has 0 saturated heterocycles. The molecule has 4 N–H and O–H groups in total. The van der Waals surface area contributed by atoms with E-state index in [-0.39, 0.29) is 0 Å². The summed E-state index contributed by atoms with van der Waals surface area (Å²) in [4.78, 5) is 4.09. The zero-order valence-corrected chi connectivity index (χ0v) is 6.20. The van der Waals surface area contributed by atoms with Crippen molar-refractivity contribution in [3.63, 3.8) is 0 Å². The third kappa shape index (κ3) is 2.29. The van der Waals surface area contributed by atoms with Gasteiger partial charge in [0, 0.05) is 30.2 Å². The fourth-order valence-electron chi connectivity index (χ4n) is 0.771. The van der Waals surface area contributed by atoms with Gasteiger partial charge in [0.2, 0.25) is 0 Å². The highest BCUT2D eigenvalue weighted by molar-refractivity contribution is 5.11. The minimum atomic E-state index is 0.622. The lowest BCUT2D eigenvalue weighted by atomic mass is 10.2. The maximum Gasteiger partial charge on any atom is 0.0462 e. The van der Waals surface area contributed by atoms with Crippen LogP contribution in [-0.2, 0) is 6.42 Å². The zero-order chi connectivity index (χ0) is 8.10. The third-order valence-corrected chi connectivity index (χ3v) is 1.33. The van der Waals surface area contributed by atoms with E-state index in [1.807, 2.05) is 18.2 Å². The first kappa shape index (κ1) is 7.60. The number of aromatic nitrogens is 1. The van der Waals surface area contributed by atoms with Crippen molar-refractivity contribution >= 4 is 0 Å². The van der Waals surface area contributed by atoms with Crippen LogP contribution in [0.25, 0.3) is 0 Å². The van der Waals surface area contributed by atoms with Crippen LogP contribution in [0.15, 0.2) is 36.3 Å². The summed E-state index contributed by atoms with van der Waals surface area (Å²) in [5.41, 5.74) is 12.3. The second kappa shape index (κ2) is 3.61. The molecule has 3 nitrogen and oxygen atoms in total. The van der Waals surface area contributed by atoms with Gasteiger partial charge in [0.1, 0.15) is 0 Å². The van der Waals surface area contributed by atoms with Gasteiger partial charge in [-0.2, -0.15) is 0 Å². The Kier molecular flexibility index (Phi) is 2.49. The largest absolute Gasteiger partial charge is 0.403 e. The van der Waals surface area contributed by atoms with E-state index in [1.165, 1.54) is 6.20 Å². The van der Waals surface area contributed by atoms with Crippen molar-refractivity contribution in [3.8, 4) is 0 Å². The van der Waals surface area contributed by atoms with Crippen molar-refractivity contribution in [2.24, 2.45) is 11.5 Å². The standard InChI is InChI=1S/C8H11N3/c9-6-7(10)5-8-3-1-2-4-11-8/h1-4,6H,5,9-10H2. The molecule has 0 aromatic carbocycles. The Balaban J connectivity index is 2.65. The van der Waals surface area contributed by atoms with Crippen LogP contribution >= 0.6 is 0 Å². The molecule has 11 heavy (non-hydrogen) atoms. The molecular weight excluding hydrogens is 138 g/mol. The van der Waals surface area contributed by atoms with Crippen molar-refractivity contribution in [1.29, 1.82) is 0 Å². The Morgan fingerprint density at radius 2 is 2.36 bits per heavy atom. The topological polar surface area (TPSA) is 64.9 Å². The molecule has 0 aliphatic heterocycles. The number of rotatable bonds is 2. The highest BCUT2D eigenvalue weighted by Crippen LogP contribution is 1.97. The van der Waals surface area contributed by atoms with Crippen molar-refractivity contribution in [1.82, 2.24) is 4.98 Å². The highest BCUT2D eigenvalue weighted by Gasteiger charge is 1.93. The quantitative estimate of drug-likeness (QED) is 0.639. The molecule has 0 aliphatic rings. The molecule has 58 valence electrons. The fourth-order valence-corrected chi connectivity index (χ4v) is 0.771. The van der Waals surface area contributed by atoms with Crippen LogP contribution in [0.3, 0.4) is 0 Å². The molecule has 3 heteroatoms. The maximum atomic E-state index is 5.50. The van der Waals surface area contributed by atoms with Gasteiger partial charge in [-0.3, -0.25) is 4.98 Å². The maximum absolute atomic E-state index is 5.50. The van der Waals surface area contributed by atoms with Crippen LogP contribution in [0.5, 0.6) is 0 Å². The normalized spacial score (nSPS) is 11.5. The molecule has 0 bridgehead atoms. The monoisotopic (exact) mass is 149 g/mol. The Morgan fingerprint density at radius 1 is 1.55 bits per heavy atom. The summed E-state index contributed by atoms with van der Waals surface area (Å²) in [6, 6.07) is 5.70. The van der Waals surface area contributed by atoms with E-state index in [0.29, 0.717) is 12.1 Å². The molecule has 0 fully saturated rings. The molecule has 1 aromatic heterocycles. The second-order valence-electron chi connectivity index (χ2n) is 2.24. The zero-order valence-electron chi connectivity index (χ0n) is 6.20. The average molecular weight is 149 g/mol. The Morgan fingerprint density at radius 3 is 2.91 bits per heavy atom. The minimum Gasteiger partial charge on any atom is -0.403 e.